The fourth-order valence-corrected chi connectivity index (χ4v) is 7.83. The minimum absolute atomic E-state index is 0.0787. The second kappa shape index (κ2) is 19.3. The van der Waals surface area contributed by atoms with Gasteiger partial charge < -0.3 is 0 Å². The number of carbonyl (C=O) groups is 2. The molecule has 0 bridgehead atoms. The second-order valence-electron chi connectivity index (χ2n) is 6.64. The number of halogens is 3. The molecule has 0 unspecified atom stereocenters. The number of thiophene rings is 5. The Morgan fingerprint density at radius 1 is 0.632 bits per heavy atom. The number of carbonyl (C=O) groups excluding carboxylic acids is 2. The molecule has 0 fully saturated rings. The third-order valence-electron chi connectivity index (χ3n) is 3.96. The van der Waals surface area contributed by atoms with Gasteiger partial charge in [0, 0.05) is 19.5 Å². The van der Waals surface area contributed by atoms with Gasteiger partial charge in [-0.3, -0.25) is 9.59 Å². The third-order valence-corrected chi connectivity index (χ3v) is 10.8. The molecule has 6 rings (SSSR count). The van der Waals surface area contributed by atoms with Crippen molar-refractivity contribution < 1.29 is 9.59 Å². The Labute approximate surface area is 273 Å². The minimum Gasteiger partial charge on any atom is -0.143 e. The summed E-state index contributed by atoms with van der Waals surface area (Å²) in [7, 11) is 4.34. The summed E-state index contributed by atoms with van der Waals surface area (Å²) < 4.78 is 6.26. The van der Waals surface area contributed by atoms with Gasteiger partial charge in [0.25, 0.3) is 0 Å². The first-order valence-corrected chi connectivity index (χ1v) is 17.4. The Balaban J connectivity index is 0.000000177. The maximum Gasteiger partial charge on any atom is 0.0442 e. The van der Waals surface area contributed by atoms with Gasteiger partial charge in [0.05, 0.1) is 17.8 Å². The maximum atomic E-state index is 10.1. The topological polar surface area (TPSA) is 46.5 Å². The molecular weight excluding hydrogens is 789 g/mol. The number of hydrogen-bond donors (Lipinski definition) is 1. The van der Waals surface area contributed by atoms with Crippen LogP contribution in [0.15, 0.2) is 105 Å². The average molecular weight is 807 g/mol. The fraction of sp³-hybridized carbons (Fsp3) is 0.0400. The van der Waals surface area contributed by atoms with E-state index in [9.17, 15) is 9.59 Å². The van der Waals surface area contributed by atoms with Crippen molar-refractivity contribution in [2.75, 3.05) is 0 Å². The van der Waals surface area contributed by atoms with Crippen LogP contribution in [0.25, 0.3) is 19.5 Å². The van der Waals surface area contributed by atoms with Crippen molar-refractivity contribution in [3.8, 4) is 19.5 Å². The van der Waals surface area contributed by atoms with E-state index in [4.69, 9.17) is 0 Å². The zero-order valence-corrected chi connectivity index (χ0v) is 29.1. The largest absolute Gasteiger partial charge is 0.143 e. The molecule has 195 valence electrons. The second-order valence-corrected chi connectivity index (χ2v) is 16.0. The molecule has 38 heavy (non-hydrogen) atoms. The van der Waals surface area contributed by atoms with E-state index in [1.165, 1.54) is 43.0 Å². The molecule has 0 saturated carbocycles. The summed E-state index contributed by atoms with van der Waals surface area (Å²) >= 11 is 22.2. The average Bonchev–Trinajstić information content (AvgIpc) is 3.69. The van der Waals surface area contributed by atoms with Crippen LogP contribution in [0.1, 0.15) is 6.42 Å². The normalized spacial score (nSPS) is 11.1. The number of nitrogens with zero attached hydrogens (tertiary/aromatic N) is 1. The van der Waals surface area contributed by atoms with Gasteiger partial charge in [-0.2, -0.15) is 0 Å². The summed E-state index contributed by atoms with van der Waals surface area (Å²) in [5, 5.41) is 6.24. The molecule has 13 heteroatoms. The van der Waals surface area contributed by atoms with Crippen molar-refractivity contribution in [2.45, 2.75) is 6.42 Å². The molecule has 5 aromatic rings. The smallest absolute Gasteiger partial charge is 0.0442 e. The van der Waals surface area contributed by atoms with E-state index in [1.807, 2.05) is 17.5 Å². The number of allylic oxidation sites excluding steroid dienone is 2. The van der Waals surface area contributed by atoms with Gasteiger partial charge in [-0.25, -0.2) is 0 Å². The van der Waals surface area contributed by atoms with Gasteiger partial charge in [0.2, 0.25) is 0 Å². The van der Waals surface area contributed by atoms with E-state index in [-0.39, 0.29) is 18.0 Å². The molecule has 0 atom stereocenters. The van der Waals surface area contributed by atoms with Crippen LogP contribution in [0.2, 0.25) is 0 Å². The van der Waals surface area contributed by atoms with Crippen molar-refractivity contribution in [1.82, 2.24) is 0 Å². The van der Waals surface area contributed by atoms with Gasteiger partial charge in [0.15, 0.2) is 11.6 Å². The van der Waals surface area contributed by atoms with E-state index >= 15 is 0 Å². The van der Waals surface area contributed by atoms with Crippen molar-refractivity contribution >= 4 is 136 Å². The van der Waals surface area contributed by atoms with E-state index < -0.39 is 0 Å². The minimum atomic E-state index is -0.0787. The molecule has 0 aromatic carbocycles. The summed E-state index contributed by atoms with van der Waals surface area (Å²) in [6, 6.07) is 20.9. The number of hydrogen-bond acceptors (Lipinski definition) is 9. The Hall–Kier alpha value is -0.765. The zero-order valence-electron chi connectivity index (χ0n) is 19.3. The van der Waals surface area contributed by atoms with Crippen LogP contribution < -0.4 is 0 Å². The molecule has 0 aliphatic heterocycles. The van der Waals surface area contributed by atoms with Gasteiger partial charge >= 0.3 is 24.8 Å². The first-order valence-electron chi connectivity index (χ1n) is 10.4. The van der Waals surface area contributed by atoms with Crippen LogP contribution in [0.3, 0.4) is 0 Å². The van der Waals surface area contributed by atoms with Crippen LogP contribution in [0, 0.1) is 0 Å². The van der Waals surface area contributed by atoms with E-state index in [2.05, 4.69) is 132 Å². The van der Waals surface area contributed by atoms with Gasteiger partial charge in [-0.05, 0) is 119 Å². The number of thiol groups is 1. The van der Waals surface area contributed by atoms with Crippen LogP contribution in [-0.4, -0.2) is 19.2 Å². The predicted molar refractivity (Wildman–Crippen MR) is 184 cm³/mol. The summed E-state index contributed by atoms with van der Waals surface area (Å²) in [6.45, 7) is 0. The Morgan fingerprint density at radius 3 is 1.26 bits per heavy atom. The van der Waals surface area contributed by atoms with Crippen LogP contribution in [0.5, 0.6) is 0 Å². The van der Waals surface area contributed by atoms with Gasteiger partial charge in [-0.1, -0.05) is 18.2 Å². The Bertz CT molecular complexity index is 1310. The Morgan fingerprint density at radius 2 is 1.05 bits per heavy atom. The van der Waals surface area contributed by atoms with Crippen LogP contribution in [-0.2, 0) is 9.59 Å². The molecule has 1 aliphatic rings. The first kappa shape index (κ1) is 33.4. The summed E-state index contributed by atoms with van der Waals surface area (Å²) in [4.78, 5) is 25.7. The molecule has 0 N–H and O–H groups in total. The zero-order chi connectivity index (χ0) is 27.8. The van der Waals surface area contributed by atoms with E-state index in [1.54, 1.807) is 56.7 Å². The predicted octanol–water partition coefficient (Wildman–Crippen LogP) is 11.3. The molecule has 3 nitrogen and oxygen atoms in total. The van der Waals surface area contributed by atoms with Gasteiger partial charge in [-0.15, -0.1) is 56.7 Å². The maximum absolute atomic E-state index is 10.1. The third kappa shape index (κ3) is 13.5. The van der Waals surface area contributed by atoms with Crippen LogP contribution >= 0.6 is 117 Å². The standard InChI is InChI=1S/C8H4Br2S2.C8H6S2.C5H4O2.C4H3BrS.BHNS/c9-7-3-1-5(11-7)6-2-4-8(10)12-6;1-3-7(9-5-1)8-4-2-6-10-8;6-4-1-2-5(7)3-4;5-4-2-1-3-6-4;1-2-3/h1-4H;1-6H;1-2H,3H2;1-3H;3H. The van der Waals surface area contributed by atoms with Crippen LogP contribution in [0.4, 0.5) is 0 Å². The van der Waals surface area contributed by atoms with Crippen molar-refractivity contribution in [3.63, 3.8) is 0 Å². The molecule has 5 heterocycles. The van der Waals surface area contributed by atoms with Crippen molar-refractivity contribution in [3.05, 3.63) is 100 Å². The molecule has 5 aromatic heterocycles. The van der Waals surface area contributed by atoms with E-state index in [0.29, 0.717) is 0 Å². The SMILES string of the molecule is Brc1ccc(-c2ccc(Br)s2)s1.Brc1cccs1.O=C1C=CC(=O)C1.[B]=NS.c1csc(-c2cccs2)c1. The quantitative estimate of drug-likeness (QED) is 0.110. The summed E-state index contributed by atoms with van der Waals surface area (Å²) in [6.07, 6.45) is 2.70. The molecule has 0 saturated heterocycles. The Kier molecular flexibility index (Phi) is 17.0. The molecule has 1 radical (unpaired) electrons. The van der Waals surface area contributed by atoms with Crippen molar-refractivity contribution in [1.29, 1.82) is 0 Å². The van der Waals surface area contributed by atoms with E-state index in [0.717, 1.165) is 0 Å². The molecule has 0 amide bonds. The molecule has 1 aliphatic carbocycles. The first-order chi connectivity index (χ1) is 18.3. The monoisotopic (exact) mass is 804 g/mol. The molecular formula is C25H18BBr3NO2S6. The van der Waals surface area contributed by atoms with Gasteiger partial charge in [0.1, 0.15) is 0 Å². The summed E-state index contributed by atoms with van der Waals surface area (Å²) in [5.41, 5.74) is 0. The summed E-state index contributed by atoms with van der Waals surface area (Å²) in [5.74, 6) is -0.157. The number of ketones is 2. The number of rotatable bonds is 2. The molecule has 0 spiro atoms. The fourth-order valence-electron chi connectivity index (χ4n) is 2.46. The van der Waals surface area contributed by atoms with Crippen molar-refractivity contribution in [2.24, 2.45) is 4.30 Å².